The van der Waals surface area contributed by atoms with E-state index in [0.717, 1.165) is 16.9 Å². The summed E-state index contributed by atoms with van der Waals surface area (Å²) >= 11 is 0. The van der Waals surface area contributed by atoms with Crippen molar-refractivity contribution >= 4 is 5.97 Å². The molecule has 1 aliphatic heterocycles. The molecular formula is C15H16N2O3. The van der Waals surface area contributed by atoms with Crippen molar-refractivity contribution in [1.82, 2.24) is 9.78 Å². The first kappa shape index (κ1) is 12.7. The second kappa shape index (κ2) is 4.67. The Labute approximate surface area is 116 Å². The molecule has 0 radical (unpaired) electrons. The Morgan fingerprint density at radius 2 is 2.30 bits per heavy atom. The molecule has 1 atom stereocenters. The number of aliphatic carboxylic acids is 1. The third kappa shape index (κ3) is 2.15. The van der Waals surface area contributed by atoms with Crippen LogP contribution in [0.4, 0.5) is 0 Å². The summed E-state index contributed by atoms with van der Waals surface area (Å²) in [7, 11) is 1.82. The van der Waals surface area contributed by atoms with Gasteiger partial charge < -0.3 is 9.84 Å². The summed E-state index contributed by atoms with van der Waals surface area (Å²) in [6.07, 6.45) is 4.47. The van der Waals surface area contributed by atoms with Crippen molar-refractivity contribution in [2.45, 2.75) is 12.8 Å². The fourth-order valence-corrected chi connectivity index (χ4v) is 2.70. The Kier molecular flexibility index (Phi) is 2.97. The Hall–Kier alpha value is -2.30. The first-order chi connectivity index (χ1) is 9.59. The lowest BCUT2D eigenvalue weighted by Crippen LogP contribution is -2.43. The van der Waals surface area contributed by atoms with Crippen LogP contribution < -0.4 is 4.74 Å². The minimum atomic E-state index is -0.919. The highest BCUT2D eigenvalue weighted by molar-refractivity contribution is 5.76. The average Bonchev–Trinajstić information content (AvgIpc) is 2.83. The normalized spacial score (nSPS) is 21.1. The number of aryl methyl sites for hydroxylation is 1. The lowest BCUT2D eigenvalue weighted by molar-refractivity contribution is -0.151. The first-order valence-corrected chi connectivity index (χ1v) is 6.51. The van der Waals surface area contributed by atoms with Gasteiger partial charge in [0.15, 0.2) is 0 Å². The zero-order valence-electron chi connectivity index (χ0n) is 11.2. The number of para-hydroxylation sites is 1. The molecule has 0 saturated carbocycles. The van der Waals surface area contributed by atoms with Crippen LogP contribution in [0.5, 0.6) is 5.75 Å². The Morgan fingerprint density at radius 3 is 3.00 bits per heavy atom. The fraction of sp³-hybridized carbons (Fsp3) is 0.333. The second-order valence-electron chi connectivity index (χ2n) is 5.36. The van der Waals surface area contributed by atoms with E-state index in [-0.39, 0.29) is 6.61 Å². The highest BCUT2D eigenvalue weighted by atomic mass is 16.5. The van der Waals surface area contributed by atoms with E-state index < -0.39 is 11.4 Å². The van der Waals surface area contributed by atoms with Gasteiger partial charge in [-0.25, -0.2) is 0 Å². The number of aromatic nitrogens is 2. The minimum absolute atomic E-state index is 0.189. The topological polar surface area (TPSA) is 64.4 Å². The largest absolute Gasteiger partial charge is 0.492 e. The van der Waals surface area contributed by atoms with Gasteiger partial charge in [0.25, 0.3) is 0 Å². The molecule has 1 aliphatic rings. The van der Waals surface area contributed by atoms with Crippen LogP contribution in [0.3, 0.4) is 0 Å². The van der Waals surface area contributed by atoms with Gasteiger partial charge in [-0.3, -0.25) is 9.48 Å². The number of nitrogens with zero attached hydrogens (tertiary/aromatic N) is 2. The molecule has 0 aliphatic carbocycles. The molecule has 5 nitrogen and oxygen atoms in total. The van der Waals surface area contributed by atoms with Crippen LogP contribution in [-0.4, -0.2) is 27.5 Å². The number of carboxylic acid groups (broad SMARTS) is 1. The van der Waals surface area contributed by atoms with Gasteiger partial charge in [-0.1, -0.05) is 18.2 Å². The van der Waals surface area contributed by atoms with Crippen LogP contribution in [0, 0.1) is 5.41 Å². The molecule has 0 saturated heterocycles. The van der Waals surface area contributed by atoms with E-state index in [1.807, 2.05) is 37.5 Å². The van der Waals surface area contributed by atoms with Crippen LogP contribution in [0.25, 0.3) is 0 Å². The van der Waals surface area contributed by atoms with Gasteiger partial charge >= 0.3 is 5.97 Å². The molecule has 20 heavy (non-hydrogen) atoms. The molecule has 0 amide bonds. The molecule has 2 heterocycles. The summed E-state index contributed by atoms with van der Waals surface area (Å²) < 4.78 is 7.35. The summed E-state index contributed by atoms with van der Waals surface area (Å²) in [5, 5.41) is 13.8. The van der Waals surface area contributed by atoms with E-state index in [2.05, 4.69) is 5.10 Å². The van der Waals surface area contributed by atoms with Crippen molar-refractivity contribution in [1.29, 1.82) is 0 Å². The smallest absolute Gasteiger partial charge is 0.313 e. The minimum Gasteiger partial charge on any atom is -0.492 e. The number of hydrogen-bond acceptors (Lipinski definition) is 3. The monoisotopic (exact) mass is 272 g/mol. The van der Waals surface area contributed by atoms with Crippen LogP contribution in [-0.2, 0) is 24.7 Å². The van der Waals surface area contributed by atoms with Crippen molar-refractivity contribution in [3.05, 3.63) is 47.8 Å². The standard InChI is InChI=1S/C15H16N2O3/c1-17-9-11(8-16-17)6-15(14(18)19)7-12-4-2-3-5-13(12)20-10-15/h2-5,8-9H,6-7,10H2,1H3,(H,18,19). The van der Waals surface area contributed by atoms with E-state index in [1.165, 1.54) is 0 Å². The predicted octanol–water partition coefficient (Wildman–Crippen LogP) is 1.67. The van der Waals surface area contributed by atoms with Crippen molar-refractivity contribution in [3.8, 4) is 5.75 Å². The van der Waals surface area contributed by atoms with Gasteiger partial charge in [-0.05, 0) is 30.0 Å². The van der Waals surface area contributed by atoms with Crippen molar-refractivity contribution in [2.24, 2.45) is 12.5 Å². The SMILES string of the molecule is Cn1cc(CC2(C(=O)O)COc3ccccc3C2)cn1. The molecule has 1 unspecified atom stereocenters. The molecule has 5 heteroatoms. The molecule has 104 valence electrons. The zero-order chi connectivity index (χ0) is 14.2. The van der Waals surface area contributed by atoms with Crippen molar-refractivity contribution in [2.75, 3.05) is 6.61 Å². The second-order valence-corrected chi connectivity index (χ2v) is 5.36. The molecule has 0 spiro atoms. The third-order valence-electron chi connectivity index (χ3n) is 3.76. The lowest BCUT2D eigenvalue weighted by atomic mass is 9.76. The van der Waals surface area contributed by atoms with Gasteiger partial charge in [0.2, 0.25) is 0 Å². The number of ether oxygens (including phenoxy) is 1. The Morgan fingerprint density at radius 1 is 1.50 bits per heavy atom. The summed E-state index contributed by atoms with van der Waals surface area (Å²) in [4.78, 5) is 11.8. The van der Waals surface area contributed by atoms with Gasteiger partial charge in [-0.2, -0.15) is 5.10 Å². The number of benzene rings is 1. The lowest BCUT2D eigenvalue weighted by Gasteiger charge is -2.34. The van der Waals surface area contributed by atoms with Gasteiger partial charge in [0.05, 0.1) is 6.20 Å². The van der Waals surface area contributed by atoms with E-state index in [1.54, 1.807) is 10.9 Å². The predicted molar refractivity (Wildman–Crippen MR) is 72.6 cm³/mol. The molecule has 1 aromatic heterocycles. The maximum absolute atomic E-state index is 11.8. The first-order valence-electron chi connectivity index (χ1n) is 6.51. The number of rotatable bonds is 3. The number of carbonyl (C=O) groups is 1. The van der Waals surface area contributed by atoms with Gasteiger partial charge in [0, 0.05) is 13.2 Å². The molecule has 3 rings (SSSR count). The molecular weight excluding hydrogens is 256 g/mol. The van der Waals surface area contributed by atoms with Gasteiger partial charge in [-0.15, -0.1) is 0 Å². The third-order valence-corrected chi connectivity index (χ3v) is 3.76. The number of fused-ring (bicyclic) bond motifs is 1. The van der Waals surface area contributed by atoms with Crippen LogP contribution in [0.2, 0.25) is 0 Å². The average molecular weight is 272 g/mol. The van der Waals surface area contributed by atoms with Gasteiger partial charge in [0.1, 0.15) is 17.8 Å². The summed E-state index contributed by atoms with van der Waals surface area (Å²) in [6, 6.07) is 7.61. The van der Waals surface area contributed by atoms with E-state index in [9.17, 15) is 9.90 Å². The van der Waals surface area contributed by atoms with Crippen LogP contribution >= 0.6 is 0 Å². The Bertz CT molecular complexity index is 650. The molecule has 2 aromatic rings. The Balaban J connectivity index is 1.92. The summed E-state index contributed by atoms with van der Waals surface area (Å²) in [6.45, 7) is 0.189. The summed E-state index contributed by atoms with van der Waals surface area (Å²) in [5.41, 5.74) is 0.945. The number of hydrogen-bond donors (Lipinski definition) is 1. The van der Waals surface area contributed by atoms with E-state index >= 15 is 0 Å². The fourth-order valence-electron chi connectivity index (χ4n) is 2.70. The molecule has 0 fully saturated rings. The molecule has 0 bridgehead atoms. The zero-order valence-corrected chi connectivity index (χ0v) is 11.2. The highest BCUT2D eigenvalue weighted by Crippen LogP contribution is 2.37. The number of carboxylic acids is 1. The van der Waals surface area contributed by atoms with Crippen LogP contribution in [0.1, 0.15) is 11.1 Å². The van der Waals surface area contributed by atoms with Crippen molar-refractivity contribution < 1.29 is 14.6 Å². The maximum Gasteiger partial charge on any atom is 0.313 e. The highest BCUT2D eigenvalue weighted by Gasteiger charge is 2.43. The van der Waals surface area contributed by atoms with Crippen LogP contribution in [0.15, 0.2) is 36.7 Å². The molecule has 1 aromatic carbocycles. The quantitative estimate of drug-likeness (QED) is 0.923. The van der Waals surface area contributed by atoms with E-state index in [0.29, 0.717) is 12.8 Å². The van der Waals surface area contributed by atoms with Crippen molar-refractivity contribution in [3.63, 3.8) is 0 Å². The van der Waals surface area contributed by atoms with E-state index in [4.69, 9.17) is 4.74 Å². The molecule has 1 N–H and O–H groups in total. The maximum atomic E-state index is 11.8. The summed E-state index contributed by atoms with van der Waals surface area (Å²) in [5.74, 6) is -0.0357.